The van der Waals surface area contributed by atoms with E-state index in [0.717, 1.165) is 71.8 Å². The Labute approximate surface area is 127 Å². The molecule has 0 unspecified atom stereocenters. The second-order valence-corrected chi connectivity index (χ2v) is 7.31. The van der Waals surface area contributed by atoms with Gasteiger partial charge in [-0.3, -0.25) is 18.9 Å². The van der Waals surface area contributed by atoms with Crippen molar-refractivity contribution in [1.29, 1.82) is 0 Å². The third-order valence-corrected chi connectivity index (χ3v) is 4.60. The molecular weight excluding hydrogens is 294 g/mol. The first kappa shape index (κ1) is 17.1. The van der Waals surface area contributed by atoms with Gasteiger partial charge in [0.15, 0.2) is 0 Å². The maximum Gasteiger partial charge on any atom is 0.264 e. The van der Waals surface area contributed by atoms with Crippen LogP contribution in [0.4, 0.5) is 0 Å². The number of morpholine rings is 1. The Morgan fingerprint density at radius 3 is 1.86 bits per heavy atom. The highest BCUT2D eigenvalue weighted by atomic mass is 32.2. The molecule has 7 nitrogen and oxygen atoms in total. The molecule has 0 aliphatic carbocycles. The minimum atomic E-state index is -3.31. The average molecular weight is 321 g/mol. The Morgan fingerprint density at radius 1 is 0.857 bits per heavy atom. The van der Waals surface area contributed by atoms with E-state index in [0.29, 0.717) is 6.54 Å². The Balaban J connectivity index is 1.55. The van der Waals surface area contributed by atoms with Gasteiger partial charge in [-0.25, -0.2) is 0 Å². The molecule has 0 radical (unpaired) electrons. The minimum absolute atomic E-state index is 0.257. The molecule has 2 saturated heterocycles. The molecule has 0 aromatic rings. The largest absolute Gasteiger partial charge is 0.379 e. The van der Waals surface area contributed by atoms with Gasteiger partial charge in [0.2, 0.25) is 0 Å². The van der Waals surface area contributed by atoms with E-state index in [1.54, 1.807) is 0 Å². The summed E-state index contributed by atoms with van der Waals surface area (Å²) in [5.41, 5.74) is 0. The predicted octanol–water partition coefficient (Wildman–Crippen LogP) is -1.09. The molecular formula is C13H27N3O4S. The summed E-state index contributed by atoms with van der Waals surface area (Å²) in [4.78, 5) is 7.19. The van der Waals surface area contributed by atoms with E-state index < -0.39 is 10.1 Å². The van der Waals surface area contributed by atoms with Crippen LogP contribution in [0, 0.1) is 0 Å². The van der Waals surface area contributed by atoms with E-state index in [9.17, 15) is 8.42 Å². The fourth-order valence-electron chi connectivity index (χ4n) is 2.66. The Bertz CT molecular complexity index is 390. The van der Waals surface area contributed by atoms with Crippen molar-refractivity contribution >= 4 is 10.1 Å². The van der Waals surface area contributed by atoms with Crippen molar-refractivity contribution < 1.29 is 17.3 Å². The van der Waals surface area contributed by atoms with Crippen LogP contribution in [0.5, 0.6) is 0 Å². The molecule has 0 aromatic heterocycles. The van der Waals surface area contributed by atoms with Crippen LogP contribution < -0.4 is 0 Å². The van der Waals surface area contributed by atoms with Crippen molar-refractivity contribution in [3.63, 3.8) is 0 Å². The molecule has 0 spiro atoms. The zero-order chi connectivity index (χ0) is 15.1. The molecule has 2 aliphatic heterocycles. The molecule has 2 fully saturated rings. The number of hydrogen-bond acceptors (Lipinski definition) is 7. The lowest BCUT2D eigenvalue weighted by Crippen LogP contribution is -2.50. The van der Waals surface area contributed by atoms with Crippen molar-refractivity contribution in [2.24, 2.45) is 0 Å². The van der Waals surface area contributed by atoms with Crippen molar-refractivity contribution in [1.82, 2.24) is 14.7 Å². The second-order valence-electron chi connectivity index (χ2n) is 5.66. The predicted molar refractivity (Wildman–Crippen MR) is 80.9 cm³/mol. The van der Waals surface area contributed by atoms with Gasteiger partial charge in [-0.05, 0) is 0 Å². The Hall–Kier alpha value is -0.250. The first-order chi connectivity index (χ1) is 10.0. The van der Waals surface area contributed by atoms with Crippen LogP contribution in [0.2, 0.25) is 0 Å². The normalized spacial score (nSPS) is 23.5. The molecule has 2 aliphatic rings. The summed E-state index contributed by atoms with van der Waals surface area (Å²) in [6.07, 6.45) is 1.09. The van der Waals surface area contributed by atoms with Crippen LogP contribution in [0.1, 0.15) is 0 Å². The number of ether oxygens (including phenoxy) is 1. The third-order valence-electron chi connectivity index (χ3n) is 4.01. The molecule has 0 atom stereocenters. The van der Waals surface area contributed by atoms with Gasteiger partial charge < -0.3 is 4.74 Å². The van der Waals surface area contributed by atoms with E-state index >= 15 is 0 Å². The van der Waals surface area contributed by atoms with Gasteiger partial charge >= 0.3 is 0 Å². The van der Waals surface area contributed by atoms with Gasteiger partial charge in [0, 0.05) is 58.9 Å². The molecule has 0 aromatic carbocycles. The summed E-state index contributed by atoms with van der Waals surface area (Å²) in [5, 5.41) is 0. The number of rotatable bonds is 7. The summed E-state index contributed by atoms with van der Waals surface area (Å²) >= 11 is 0. The van der Waals surface area contributed by atoms with E-state index in [1.165, 1.54) is 0 Å². The van der Waals surface area contributed by atoms with Gasteiger partial charge in [0.25, 0.3) is 10.1 Å². The fourth-order valence-corrected chi connectivity index (χ4v) is 3.04. The topological polar surface area (TPSA) is 62.3 Å². The third kappa shape index (κ3) is 7.03. The highest BCUT2D eigenvalue weighted by Gasteiger charge is 2.18. The average Bonchev–Trinajstić information content (AvgIpc) is 2.46. The van der Waals surface area contributed by atoms with Gasteiger partial charge in [0.05, 0.1) is 26.1 Å². The second kappa shape index (κ2) is 8.40. The van der Waals surface area contributed by atoms with Crippen molar-refractivity contribution in [2.45, 2.75) is 0 Å². The van der Waals surface area contributed by atoms with Gasteiger partial charge in [-0.1, -0.05) is 0 Å². The summed E-state index contributed by atoms with van der Waals surface area (Å²) in [5.74, 6) is 0. The number of nitrogens with zero attached hydrogens (tertiary/aromatic N) is 3. The Kier molecular flexibility index (Phi) is 6.84. The lowest BCUT2D eigenvalue weighted by molar-refractivity contribution is 0.0295. The van der Waals surface area contributed by atoms with Crippen LogP contribution in [-0.2, 0) is 19.0 Å². The van der Waals surface area contributed by atoms with Crippen LogP contribution >= 0.6 is 0 Å². The van der Waals surface area contributed by atoms with E-state index in [2.05, 4.69) is 14.7 Å². The first-order valence-electron chi connectivity index (χ1n) is 7.62. The van der Waals surface area contributed by atoms with Crippen LogP contribution in [0.25, 0.3) is 0 Å². The van der Waals surface area contributed by atoms with Crippen LogP contribution in [0.15, 0.2) is 0 Å². The molecule has 21 heavy (non-hydrogen) atoms. The standard InChI is InChI=1S/C13H27N3O4S/c1-21(17,18)20-13-10-15-5-2-14(3-6-15)4-7-16-8-11-19-12-9-16/h2-13H2,1H3. The lowest BCUT2D eigenvalue weighted by Gasteiger charge is -2.36. The minimum Gasteiger partial charge on any atom is -0.379 e. The summed E-state index contributed by atoms with van der Waals surface area (Å²) in [6, 6.07) is 0. The van der Waals surface area contributed by atoms with Gasteiger partial charge in [0.1, 0.15) is 0 Å². The SMILES string of the molecule is CS(=O)(=O)OCCN1CCN(CCN2CCOCC2)CC1. The van der Waals surface area contributed by atoms with Crippen molar-refractivity contribution in [3.8, 4) is 0 Å². The van der Waals surface area contributed by atoms with E-state index in [1.807, 2.05) is 0 Å². The van der Waals surface area contributed by atoms with Crippen LogP contribution in [0.3, 0.4) is 0 Å². The smallest absolute Gasteiger partial charge is 0.264 e. The zero-order valence-corrected chi connectivity index (χ0v) is 13.7. The van der Waals surface area contributed by atoms with Crippen LogP contribution in [-0.4, -0.2) is 108 Å². The van der Waals surface area contributed by atoms with Gasteiger partial charge in [-0.15, -0.1) is 0 Å². The van der Waals surface area contributed by atoms with Crippen molar-refractivity contribution in [3.05, 3.63) is 0 Å². The maximum absolute atomic E-state index is 10.9. The molecule has 2 heterocycles. The molecule has 0 amide bonds. The molecule has 8 heteroatoms. The summed E-state index contributed by atoms with van der Waals surface area (Å²) < 4.78 is 31.9. The summed E-state index contributed by atoms with van der Waals surface area (Å²) in [7, 11) is -3.31. The highest BCUT2D eigenvalue weighted by Crippen LogP contribution is 2.03. The van der Waals surface area contributed by atoms with E-state index in [-0.39, 0.29) is 6.61 Å². The number of piperazine rings is 1. The molecule has 0 bridgehead atoms. The van der Waals surface area contributed by atoms with Gasteiger partial charge in [-0.2, -0.15) is 8.42 Å². The molecule has 0 saturated carbocycles. The zero-order valence-electron chi connectivity index (χ0n) is 12.9. The van der Waals surface area contributed by atoms with Crippen molar-refractivity contribution in [2.75, 3.05) is 85.0 Å². The first-order valence-corrected chi connectivity index (χ1v) is 9.44. The number of hydrogen-bond donors (Lipinski definition) is 0. The summed E-state index contributed by atoms with van der Waals surface area (Å²) in [6.45, 7) is 11.0. The maximum atomic E-state index is 10.9. The molecule has 0 N–H and O–H groups in total. The molecule has 124 valence electrons. The fraction of sp³-hybridized carbons (Fsp3) is 1.00. The van der Waals surface area contributed by atoms with E-state index in [4.69, 9.17) is 8.92 Å². The monoisotopic (exact) mass is 321 g/mol. The quantitative estimate of drug-likeness (QED) is 0.552. The highest BCUT2D eigenvalue weighted by molar-refractivity contribution is 7.85. The Morgan fingerprint density at radius 2 is 1.33 bits per heavy atom. The lowest BCUT2D eigenvalue weighted by atomic mass is 10.3. The molecule has 2 rings (SSSR count).